The molecule has 3 aromatic rings. The molecule has 0 atom stereocenters. The molecule has 0 radical (unpaired) electrons. The number of aromatic nitrogens is 2. The maximum Gasteiger partial charge on any atom is 0.277 e. The van der Waals surface area contributed by atoms with Crippen molar-refractivity contribution in [2.75, 3.05) is 6.61 Å². The van der Waals surface area contributed by atoms with Gasteiger partial charge in [-0.3, -0.25) is 9.78 Å². The van der Waals surface area contributed by atoms with Crippen molar-refractivity contribution >= 4 is 23.2 Å². The van der Waals surface area contributed by atoms with Gasteiger partial charge in [0.25, 0.3) is 5.91 Å². The molecule has 0 aliphatic carbocycles. The molecule has 0 aliphatic heterocycles. The van der Waals surface area contributed by atoms with Gasteiger partial charge in [-0.2, -0.15) is 5.10 Å². The first kappa shape index (κ1) is 18.5. The average molecular weight is 362 g/mol. The van der Waals surface area contributed by atoms with Gasteiger partial charge in [-0.1, -0.05) is 38.1 Å². The molecule has 0 fully saturated rings. The van der Waals surface area contributed by atoms with Crippen molar-refractivity contribution in [1.82, 2.24) is 15.4 Å². The lowest BCUT2D eigenvalue weighted by atomic mass is 10.0. The van der Waals surface area contributed by atoms with E-state index in [9.17, 15) is 4.79 Å². The Kier molecular flexibility index (Phi) is 5.76. The Morgan fingerprint density at radius 3 is 2.78 bits per heavy atom. The standard InChI is InChI=1S/C21H22N4O2/c1-14(2)17-9-8-15(3)10-20(17)27-13-21(26)25-23-12-16-11-22-18-6-4-5-7-19(18)24-16/h4-12,14H,13H2,1-3H3,(H,25,26)/b23-12-. The molecule has 1 amide bonds. The van der Waals surface area contributed by atoms with E-state index in [1.807, 2.05) is 49.4 Å². The molecule has 0 unspecified atom stereocenters. The van der Waals surface area contributed by atoms with Gasteiger partial charge >= 0.3 is 0 Å². The minimum Gasteiger partial charge on any atom is -0.483 e. The Balaban J connectivity index is 1.58. The number of amides is 1. The van der Waals surface area contributed by atoms with E-state index in [0.29, 0.717) is 11.6 Å². The van der Waals surface area contributed by atoms with Gasteiger partial charge in [-0.25, -0.2) is 10.4 Å². The van der Waals surface area contributed by atoms with Crippen LogP contribution in [0, 0.1) is 6.92 Å². The number of fused-ring (bicyclic) bond motifs is 1. The van der Waals surface area contributed by atoms with Crippen LogP contribution >= 0.6 is 0 Å². The third-order valence-corrected chi connectivity index (χ3v) is 4.00. The van der Waals surface area contributed by atoms with Crippen molar-refractivity contribution in [2.24, 2.45) is 5.10 Å². The van der Waals surface area contributed by atoms with Crippen LogP contribution in [0.5, 0.6) is 5.75 Å². The number of aryl methyl sites for hydroxylation is 1. The Morgan fingerprint density at radius 1 is 1.22 bits per heavy atom. The van der Waals surface area contributed by atoms with Crippen LogP contribution in [0.2, 0.25) is 0 Å². The fourth-order valence-corrected chi connectivity index (χ4v) is 2.62. The van der Waals surface area contributed by atoms with E-state index in [4.69, 9.17) is 4.74 Å². The predicted molar refractivity (Wildman–Crippen MR) is 106 cm³/mol. The molecule has 0 saturated heterocycles. The second-order valence-electron chi connectivity index (χ2n) is 6.56. The number of hydrogen-bond acceptors (Lipinski definition) is 5. The highest BCUT2D eigenvalue weighted by Crippen LogP contribution is 2.27. The minimum absolute atomic E-state index is 0.107. The van der Waals surface area contributed by atoms with Gasteiger partial charge < -0.3 is 4.74 Å². The molecule has 1 aromatic heterocycles. The monoisotopic (exact) mass is 362 g/mol. The third-order valence-electron chi connectivity index (χ3n) is 4.00. The van der Waals surface area contributed by atoms with Crippen molar-refractivity contribution in [2.45, 2.75) is 26.7 Å². The molecule has 1 N–H and O–H groups in total. The summed E-state index contributed by atoms with van der Waals surface area (Å²) in [5, 5.41) is 3.93. The number of para-hydroxylation sites is 2. The molecule has 1 heterocycles. The molecular formula is C21H22N4O2. The van der Waals surface area contributed by atoms with Gasteiger partial charge in [0.1, 0.15) is 11.4 Å². The highest BCUT2D eigenvalue weighted by atomic mass is 16.5. The maximum absolute atomic E-state index is 12.0. The second-order valence-corrected chi connectivity index (χ2v) is 6.56. The molecular weight excluding hydrogens is 340 g/mol. The maximum atomic E-state index is 12.0. The van der Waals surface area contributed by atoms with E-state index in [1.54, 1.807) is 6.20 Å². The first-order valence-electron chi connectivity index (χ1n) is 8.80. The Hall–Kier alpha value is -3.28. The van der Waals surface area contributed by atoms with Gasteiger partial charge in [-0.05, 0) is 42.2 Å². The quantitative estimate of drug-likeness (QED) is 0.537. The third kappa shape index (κ3) is 4.88. The first-order chi connectivity index (χ1) is 13.0. The van der Waals surface area contributed by atoms with Gasteiger partial charge in [0.2, 0.25) is 0 Å². The highest BCUT2D eigenvalue weighted by Gasteiger charge is 2.10. The lowest BCUT2D eigenvalue weighted by molar-refractivity contribution is -0.123. The van der Waals surface area contributed by atoms with E-state index in [1.165, 1.54) is 6.21 Å². The van der Waals surface area contributed by atoms with E-state index < -0.39 is 0 Å². The van der Waals surface area contributed by atoms with E-state index in [2.05, 4.69) is 34.3 Å². The summed E-state index contributed by atoms with van der Waals surface area (Å²) in [6, 6.07) is 13.6. The molecule has 0 bridgehead atoms. The number of hydrogen-bond donors (Lipinski definition) is 1. The average Bonchev–Trinajstić information content (AvgIpc) is 2.66. The normalized spacial score (nSPS) is 11.3. The van der Waals surface area contributed by atoms with E-state index in [0.717, 1.165) is 27.9 Å². The molecule has 0 spiro atoms. The number of nitrogens with one attached hydrogen (secondary N) is 1. The number of nitrogens with zero attached hydrogens (tertiary/aromatic N) is 3. The molecule has 6 nitrogen and oxygen atoms in total. The van der Waals surface area contributed by atoms with Crippen LogP contribution in [0.25, 0.3) is 11.0 Å². The van der Waals surface area contributed by atoms with Crippen molar-refractivity contribution < 1.29 is 9.53 Å². The Bertz CT molecular complexity index is 983. The molecule has 0 saturated carbocycles. The fraction of sp³-hybridized carbons (Fsp3) is 0.238. The molecule has 6 heteroatoms. The fourth-order valence-electron chi connectivity index (χ4n) is 2.62. The zero-order chi connectivity index (χ0) is 19.2. The minimum atomic E-state index is -0.337. The molecule has 27 heavy (non-hydrogen) atoms. The summed E-state index contributed by atoms with van der Waals surface area (Å²) in [6.07, 6.45) is 3.07. The van der Waals surface area contributed by atoms with Crippen molar-refractivity contribution in [1.29, 1.82) is 0 Å². The van der Waals surface area contributed by atoms with Crippen LogP contribution in [-0.2, 0) is 4.79 Å². The molecule has 138 valence electrons. The summed E-state index contributed by atoms with van der Waals surface area (Å²) in [7, 11) is 0. The number of ether oxygens (including phenoxy) is 1. The highest BCUT2D eigenvalue weighted by molar-refractivity contribution is 5.84. The summed E-state index contributed by atoms with van der Waals surface area (Å²) < 4.78 is 5.69. The van der Waals surface area contributed by atoms with Crippen molar-refractivity contribution in [3.05, 3.63) is 65.5 Å². The Morgan fingerprint density at radius 2 is 2.00 bits per heavy atom. The van der Waals surface area contributed by atoms with Crippen LogP contribution in [0.3, 0.4) is 0 Å². The number of hydrazone groups is 1. The SMILES string of the molecule is Cc1ccc(C(C)C)c(OCC(=O)N/N=C\c2cnc3ccccc3n2)c1. The van der Waals surface area contributed by atoms with Crippen LogP contribution in [0.4, 0.5) is 0 Å². The predicted octanol–water partition coefficient (Wildman–Crippen LogP) is 3.59. The van der Waals surface area contributed by atoms with E-state index in [-0.39, 0.29) is 12.5 Å². The summed E-state index contributed by atoms with van der Waals surface area (Å²) in [4.78, 5) is 20.7. The number of carbonyl (C=O) groups excluding carboxylic acids is 1. The van der Waals surface area contributed by atoms with Gasteiger partial charge in [0, 0.05) is 0 Å². The smallest absolute Gasteiger partial charge is 0.277 e. The van der Waals surface area contributed by atoms with E-state index >= 15 is 0 Å². The Labute approximate surface area is 158 Å². The van der Waals surface area contributed by atoms with Gasteiger partial charge in [-0.15, -0.1) is 0 Å². The zero-order valence-corrected chi connectivity index (χ0v) is 15.6. The van der Waals surface area contributed by atoms with Crippen molar-refractivity contribution in [3.8, 4) is 5.75 Å². The summed E-state index contributed by atoms with van der Waals surface area (Å²) >= 11 is 0. The molecule has 3 rings (SSSR count). The number of rotatable bonds is 6. The first-order valence-corrected chi connectivity index (χ1v) is 8.80. The number of benzene rings is 2. The lowest BCUT2D eigenvalue weighted by Crippen LogP contribution is -2.25. The second kappa shape index (κ2) is 8.40. The lowest BCUT2D eigenvalue weighted by Gasteiger charge is -2.14. The summed E-state index contributed by atoms with van der Waals surface area (Å²) in [6.45, 7) is 6.06. The van der Waals surface area contributed by atoms with Crippen LogP contribution in [0.15, 0.2) is 53.8 Å². The molecule has 0 aliphatic rings. The molecule has 2 aromatic carbocycles. The van der Waals surface area contributed by atoms with Crippen LogP contribution in [0.1, 0.15) is 36.6 Å². The van der Waals surface area contributed by atoms with Crippen molar-refractivity contribution in [3.63, 3.8) is 0 Å². The van der Waals surface area contributed by atoms with Crippen LogP contribution in [-0.4, -0.2) is 28.7 Å². The largest absolute Gasteiger partial charge is 0.483 e. The van der Waals surface area contributed by atoms with Crippen LogP contribution < -0.4 is 10.2 Å². The van der Waals surface area contributed by atoms with Gasteiger partial charge in [0.05, 0.1) is 23.4 Å². The topological polar surface area (TPSA) is 76.5 Å². The zero-order valence-electron chi connectivity index (χ0n) is 15.6. The number of carbonyl (C=O) groups is 1. The summed E-state index contributed by atoms with van der Waals surface area (Å²) in [5.74, 6) is 0.703. The summed E-state index contributed by atoms with van der Waals surface area (Å²) in [5.41, 5.74) is 6.76. The van der Waals surface area contributed by atoms with Gasteiger partial charge in [0.15, 0.2) is 6.61 Å².